The van der Waals surface area contributed by atoms with Crippen molar-refractivity contribution in [1.29, 1.82) is 0 Å². The van der Waals surface area contributed by atoms with Gasteiger partial charge in [0.15, 0.2) is 6.61 Å². The maximum absolute atomic E-state index is 11.4. The number of aliphatic carboxylic acids is 1. The first-order chi connectivity index (χ1) is 8.45. The van der Waals surface area contributed by atoms with Gasteiger partial charge in [0.05, 0.1) is 12.7 Å². The van der Waals surface area contributed by atoms with Crippen molar-refractivity contribution in [3.8, 4) is 5.75 Å². The predicted molar refractivity (Wildman–Crippen MR) is 65.0 cm³/mol. The molecule has 0 fully saturated rings. The molecular formula is C13H16O5. The number of carboxylic acid groups (broad SMARTS) is 1. The van der Waals surface area contributed by atoms with Gasteiger partial charge in [-0.05, 0) is 29.7 Å². The number of esters is 1. The van der Waals surface area contributed by atoms with Crippen LogP contribution >= 0.6 is 0 Å². The number of methoxy groups -OCH3 is 1. The molecule has 5 nitrogen and oxygen atoms in total. The van der Waals surface area contributed by atoms with Gasteiger partial charge >= 0.3 is 11.9 Å². The van der Waals surface area contributed by atoms with E-state index in [4.69, 9.17) is 9.84 Å². The maximum Gasteiger partial charge on any atom is 0.341 e. The van der Waals surface area contributed by atoms with E-state index in [0.29, 0.717) is 11.3 Å². The summed E-state index contributed by atoms with van der Waals surface area (Å²) in [4.78, 5) is 21.9. The topological polar surface area (TPSA) is 72.8 Å². The molecule has 0 aliphatic rings. The van der Waals surface area contributed by atoms with E-state index in [1.807, 2.05) is 13.8 Å². The highest BCUT2D eigenvalue weighted by Gasteiger charge is 2.14. The van der Waals surface area contributed by atoms with Crippen molar-refractivity contribution in [2.75, 3.05) is 13.7 Å². The Morgan fingerprint density at radius 2 is 2.00 bits per heavy atom. The second-order valence-corrected chi connectivity index (χ2v) is 4.08. The van der Waals surface area contributed by atoms with Crippen LogP contribution in [0.4, 0.5) is 0 Å². The molecule has 0 aliphatic carbocycles. The van der Waals surface area contributed by atoms with E-state index in [-0.39, 0.29) is 5.92 Å². The Kier molecular flexibility index (Phi) is 4.71. The molecule has 0 aromatic heterocycles. The minimum atomic E-state index is -1.04. The van der Waals surface area contributed by atoms with Gasteiger partial charge in [-0.25, -0.2) is 9.59 Å². The molecule has 0 amide bonds. The Morgan fingerprint density at radius 1 is 1.33 bits per heavy atom. The molecule has 0 heterocycles. The summed E-state index contributed by atoms with van der Waals surface area (Å²) in [5, 5.41) is 8.59. The van der Waals surface area contributed by atoms with E-state index >= 15 is 0 Å². The van der Waals surface area contributed by atoms with Crippen LogP contribution in [0.3, 0.4) is 0 Å². The highest BCUT2D eigenvalue weighted by atomic mass is 16.5. The van der Waals surface area contributed by atoms with Gasteiger partial charge < -0.3 is 14.6 Å². The molecule has 1 rings (SSSR count). The standard InChI is InChI=1S/C13H16O5/c1-8(2)10-6-9(13(16)17-3)4-5-11(10)18-7-12(14)15/h4-6,8H,7H2,1-3H3,(H,14,15). The van der Waals surface area contributed by atoms with Crippen LogP contribution in [0, 0.1) is 0 Å². The largest absolute Gasteiger partial charge is 0.482 e. The van der Waals surface area contributed by atoms with Crippen molar-refractivity contribution in [1.82, 2.24) is 0 Å². The lowest BCUT2D eigenvalue weighted by Gasteiger charge is -2.14. The van der Waals surface area contributed by atoms with Crippen LogP contribution in [0.5, 0.6) is 5.75 Å². The van der Waals surface area contributed by atoms with Crippen LogP contribution in [0.15, 0.2) is 18.2 Å². The van der Waals surface area contributed by atoms with E-state index in [2.05, 4.69) is 4.74 Å². The lowest BCUT2D eigenvalue weighted by atomic mass is 9.99. The molecule has 18 heavy (non-hydrogen) atoms. The molecule has 0 unspecified atom stereocenters. The van der Waals surface area contributed by atoms with E-state index in [0.717, 1.165) is 5.56 Å². The second kappa shape index (κ2) is 6.05. The molecule has 0 saturated carbocycles. The molecule has 1 N–H and O–H groups in total. The number of carbonyl (C=O) groups is 2. The first-order valence-corrected chi connectivity index (χ1v) is 5.52. The fraction of sp³-hybridized carbons (Fsp3) is 0.385. The maximum atomic E-state index is 11.4. The second-order valence-electron chi connectivity index (χ2n) is 4.08. The van der Waals surface area contributed by atoms with Gasteiger partial charge in [0.2, 0.25) is 0 Å². The van der Waals surface area contributed by atoms with Crippen LogP contribution in [0.2, 0.25) is 0 Å². The normalized spacial score (nSPS) is 10.2. The summed E-state index contributed by atoms with van der Waals surface area (Å²) in [6.45, 7) is 3.46. The Bertz CT molecular complexity index is 451. The van der Waals surface area contributed by atoms with Crippen LogP contribution in [-0.2, 0) is 9.53 Å². The number of hydrogen-bond acceptors (Lipinski definition) is 4. The van der Waals surface area contributed by atoms with Crippen molar-refractivity contribution in [2.45, 2.75) is 19.8 Å². The zero-order valence-corrected chi connectivity index (χ0v) is 10.6. The third kappa shape index (κ3) is 3.48. The van der Waals surface area contributed by atoms with Crippen molar-refractivity contribution >= 4 is 11.9 Å². The lowest BCUT2D eigenvalue weighted by Crippen LogP contribution is -2.11. The van der Waals surface area contributed by atoms with Gasteiger partial charge in [0.25, 0.3) is 0 Å². The minimum Gasteiger partial charge on any atom is -0.482 e. The summed E-state index contributed by atoms with van der Waals surface area (Å²) >= 11 is 0. The molecule has 0 radical (unpaired) electrons. The highest BCUT2D eigenvalue weighted by Crippen LogP contribution is 2.27. The predicted octanol–water partition coefficient (Wildman–Crippen LogP) is 2.06. The molecule has 0 saturated heterocycles. The van der Waals surface area contributed by atoms with Gasteiger partial charge in [-0.3, -0.25) is 0 Å². The van der Waals surface area contributed by atoms with Crippen molar-refractivity contribution in [3.63, 3.8) is 0 Å². The Labute approximate surface area is 105 Å². The third-order valence-electron chi connectivity index (χ3n) is 2.40. The van der Waals surface area contributed by atoms with E-state index < -0.39 is 18.5 Å². The first kappa shape index (κ1) is 14.0. The van der Waals surface area contributed by atoms with Crippen LogP contribution in [0.1, 0.15) is 35.7 Å². The highest BCUT2D eigenvalue weighted by molar-refractivity contribution is 5.89. The number of carbonyl (C=O) groups excluding carboxylic acids is 1. The fourth-order valence-corrected chi connectivity index (χ4v) is 1.52. The van der Waals surface area contributed by atoms with E-state index in [9.17, 15) is 9.59 Å². The number of rotatable bonds is 5. The molecule has 0 spiro atoms. The zero-order valence-electron chi connectivity index (χ0n) is 10.6. The fourth-order valence-electron chi connectivity index (χ4n) is 1.52. The monoisotopic (exact) mass is 252 g/mol. The van der Waals surface area contributed by atoms with Crippen molar-refractivity contribution in [3.05, 3.63) is 29.3 Å². The smallest absolute Gasteiger partial charge is 0.341 e. The average molecular weight is 252 g/mol. The first-order valence-electron chi connectivity index (χ1n) is 5.52. The number of benzene rings is 1. The summed E-state index contributed by atoms with van der Waals surface area (Å²) in [6, 6.07) is 4.80. The molecular weight excluding hydrogens is 236 g/mol. The lowest BCUT2D eigenvalue weighted by molar-refractivity contribution is -0.139. The Hall–Kier alpha value is -2.04. The molecule has 0 aliphatic heterocycles. The van der Waals surface area contributed by atoms with Gasteiger partial charge in [-0.15, -0.1) is 0 Å². The molecule has 1 aromatic rings. The minimum absolute atomic E-state index is 0.110. The molecule has 1 aromatic carbocycles. The van der Waals surface area contributed by atoms with Crippen LogP contribution in [-0.4, -0.2) is 30.8 Å². The van der Waals surface area contributed by atoms with Crippen molar-refractivity contribution < 1.29 is 24.2 Å². The summed E-state index contributed by atoms with van der Waals surface area (Å²) in [6.07, 6.45) is 0. The SMILES string of the molecule is COC(=O)c1ccc(OCC(=O)O)c(C(C)C)c1. The summed E-state index contributed by atoms with van der Waals surface area (Å²) in [5.41, 5.74) is 1.20. The molecule has 5 heteroatoms. The Morgan fingerprint density at radius 3 is 2.50 bits per heavy atom. The average Bonchev–Trinajstić information content (AvgIpc) is 2.34. The van der Waals surface area contributed by atoms with Gasteiger partial charge in [-0.2, -0.15) is 0 Å². The zero-order chi connectivity index (χ0) is 13.7. The van der Waals surface area contributed by atoms with E-state index in [1.54, 1.807) is 18.2 Å². The number of hydrogen-bond donors (Lipinski definition) is 1. The quantitative estimate of drug-likeness (QED) is 0.812. The van der Waals surface area contributed by atoms with E-state index in [1.165, 1.54) is 7.11 Å². The summed E-state index contributed by atoms with van der Waals surface area (Å²) in [7, 11) is 1.31. The number of carboxylic acids is 1. The van der Waals surface area contributed by atoms with Crippen LogP contribution in [0.25, 0.3) is 0 Å². The summed E-state index contributed by atoms with van der Waals surface area (Å²) < 4.78 is 9.81. The molecule has 0 bridgehead atoms. The third-order valence-corrected chi connectivity index (χ3v) is 2.40. The Balaban J connectivity index is 3.04. The summed E-state index contributed by atoms with van der Waals surface area (Å²) in [5.74, 6) is -0.887. The molecule has 0 atom stereocenters. The van der Waals surface area contributed by atoms with Gasteiger partial charge in [-0.1, -0.05) is 13.8 Å². The van der Waals surface area contributed by atoms with Crippen LogP contribution < -0.4 is 4.74 Å². The van der Waals surface area contributed by atoms with Crippen molar-refractivity contribution in [2.24, 2.45) is 0 Å². The number of ether oxygens (including phenoxy) is 2. The van der Waals surface area contributed by atoms with Gasteiger partial charge in [0.1, 0.15) is 5.75 Å². The molecule has 98 valence electrons. The van der Waals surface area contributed by atoms with Gasteiger partial charge in [0, 0.05) is 0 Å².